The summed E-state index contributed by atoms with van der Waals surface area (Å²) in [6.07, 6.45) is 0.710. The predicted octanol–water partition coefficient (Wildman–Crippen LogP) is 9.08. The van der Waals surface area contributed by atoms with E-state index < -0.39 is 35.4 Å². The Labute approximate surface area is 449 Å². The molecule has 0 aliphatic carbocycles. The fraction of sp³-hybridized carbons (Fsp3) is 0.333. The van der Waals surface area contributed by atoms with Crippen LogP contribution in [0.2, 0.25) is 5.02 Å². The van der Waals surface area contributed by atoms with Crippen LogP contribution >= 0.6 is 22.9 Å². The number of benzene rings is 5. The van der Waals surface area contributed by atoms with E-state index in [2.05, 4.69) is 30.9 Å². The molecule has 0 bridgehead atoms. The Hall–Kier alpha value is -7.06. The molecule has 0 radical (unpaired) electrons. The second-order valence-corrected chi connectivity index (χ2v) is 20.5. The molecule has 1 aliphatic heterocycles. The molecule has 2 aromatic heterocycles. The van der Waals surface area contributed by atoms with Crippen LogP contribution in [0.3, 0.4) is 0 Å². The number of rotatable bonds is 24. The minimum absolute atomic E-state index is 0.0243. The van der Waals surface area contributed by atoms with Gasteiger partial charge in [0, 0.05) is 30.6 Å². The van der Waals surface area contributed by atoms with Crippen molar-refractivity contribution in [1.29, 1.82) is 0 Å². The number of aromatic nitrogens is 3. The molecule has 3 amide bonds. The average Bonchev–Trinajstić information content (AvgIpc) is 4.03. The second kappa shape index (κ2) is 26.1. The van der Waals surface area contributed by atoms with Crippen LogP contribution in [0.15, 0.2) is 121 Å². The van der Waals surface area contributed by atoms with Gasteiger partial charge in [-0.25, -0.2) is 19.3 Å². The van der Waals surface area contributed by atoms with Crippen LogP contribution in [-0.2, 0) is 41.7 Å². The van der Waals surface area contributed by atoms with Crippen molar-refractivity contribution in [3.8, 4) is 33.1 Å². The molecule has 19 heteroatoms. The van der Waals surface area contributed by atoms with E-state index in [1.807, 2.05) is 106 Å². The summed E-state index contributed by atoms with van der Waals surface area (Å²) in [5, 5.41) is 20.8. The average molecular weight is 1070 g/mol. The molecular weight excluding hydrogens is 1010 g/mol. The fourth-order valence-corrected chi connectivity index (χ4v) is 9.55. The van der Waals surface area contributed by atoms with E-state index >= 15 is 0 Å². The number of likely N-dealkylation sites (tertiary alicyclic amines) is 1. The largest absolute Gasteiger partial charge is 0.491 e. The SMILES string of the molecule is Cc1ncsc1-c1ccc(CNC(=O)C2CC(O)CN2C(=O)C(NC(=O)COCCOCCOCCOc2ccc(-c3ccc4ncnc(Nc5ccc(OCc6cccc(F)c6)c(Cl)c5)c4c3)cc2)C(C)(C)C)cc1. The maximum atomic E-state index is 14.0. The first kappa shape index (κ1) is 55.2. The highest BCUT2D eigenvalue weighted by Crippen LogP contribution is 2.34. The lowest BCUT2D eigenvalue weighted by molar-refractivity contribution is -0.144. The van der Waals surface area contributed by atoms with Gasteiger partial charge in [-0.15, -0.1) is 11.3 Å². The van der Waals surface area contributed by atoms with Gasteiger partial charge in [-0.2, -0.15) is 0 Å². The molecule has 0 spiro atoms. The van der Waals surface area contributed by atoms with Crippen molar-refractivity contribution in [2.24, 2.45) is 5.41 Å². The number of amides is 3. The molecule has 1 fully saturated rings. The number of nitrogens with zero attached hydrogens (tertiary/aromatic N) is 4. The van der Waals surface area contributed by atoms with Crippen molar-refractivity contribution in [3.63, 3.8) is 0 Å². The van der Waals surface area contributed by atoms with Crippen molar-refractivity contribution in [1.82, 2.24) is 30.5 Å². The number of fused-ring (bicyclic) bond motifs is 1. The third kappa shape index (κ3) is 15.1. The summed E-state index contributed by atoms with van der Waals surface area (Å²) < 4.78 is 42.2. The number of anilines is 2. The van der Waals surface area contributed by atoms with E-state index in [4.69, 9.17) is 35.3 Å². The molecule has 16 nitrogen and oxygen atoms in total. The van der Waals surface area contributed by atoms with Crippen molar-refractivity contribution >= 4 is 63.1 Å². The summed E-state index contributed by atoms with van der Waals surface area (Å²) in [7, 11) is 0. The second-order valence-electron chi connectivity index (χ2n) is 19.2. The number of carbonyl (C=O) groups excluding carboxylic acids is 3. The number of aliphatic hydroxyl groups excluding tert-OH is 1. The van der Waals surface area contributed by atoms with Gasteiger partial charge in [0.05, 0.1) is 65.8 Å². The molecule has 8 rings (SSSR count). The molecule has 1 aliphatic rings. The first-order valence-corrected chi connectivity index (χ1v) is 26.1. The zero-order valence-corrected chi connectivity index (χ0v) is 44.3. The van der Waals surface area contributed by atoms with E-state index in [1.54, 1.807) is 35.6 Å². The topological polar surface area (TPSA) is 196 Å². The van der Waals surface area contributed by atoms with Crippen LogP contribution in [0, 0.1) is 18.2 Å². The van der Waals surface area contributed by atoms with Crippen molar-refractivity contribution in [2.75, 3.05) is 58.1 Å². The zero-order chi connectivity index (χ0) is 53.6. The standard InChI is InChI=1S/C57H61ClFN7O9S/c1-36-52(76-35-63-36)40-10-8-37(9-11-40)30-60-55(69)49-29-44(67)31-66(49)56(70)53(57(2,3)4)65-51(68)33-73-23-22-71-20-21-72-24-25-74-45-16-12-39(13-17-45)41-14-18-48-46(27-41)54(62-34-61-48)64-43-15-19-50(47(58)28-43)75-32-38-6-5-7-42(59)26-38/h5-19,26-28,34-35,44,49,53,67H,20-25,29-33H2,1-4H3,(H,60,69)(H,65,68)(H,61,62,64). The van der Waals surface area contributed by atoms with Gasteiger partial charge in [-0.1, -0.05) is 87.0 Å². The molecule has 1 saturated heterocycles. The van der Waals surface area contributed by atoms with Crippen LogP contribution in [-0.4, -0.2) is 114 Å². The number of aryl methyl sites for hydroxylation is 1. The first-order chi connectivity index (χ1) is 36.7. The summed E-state index contributed by atoms with van der Waals surface area (Å²) in [6.45, 7) is 9.22. The van der Waals surface area contributed by atoms with Gasteiger partial charge >= 0.3 is 0 Å². The number of halogens is 2. The molecule has 3 atom stereocenters. The monoisotopic (exact) mass is 1070 g/mol. The quantitative estimate of drug-likeness (QED) is 0.0419. The lowest BCUT2D eigenvalue weighted by Crippen LogP contribution is -2.58. The van der Waals surface area contributed by atoms with Crippen molar-refractivity contribution < 1.29 is 47.6 Å². The molecule has 7 aromatic rings. The molecule has 0 saturated carbocycles. The maximum absolute atomic E-state index is 14.0. The van der Waals surface area contributed by atoms with E-state index in [-0.39, 0.29) is 57.7 Å². The summed E-state index contributed by atoms with van der Waals surface area (Å²) in [4.78, 5) is 56.2. The Morgan fingerprint density at radius 1 is 0.816 bits per heavy atom. The Kier molecular flexibility index (Phi) is 19.0. The first-order valence-electron chi connectivity index (χ1n) is 24.9. The highest BCUT2D eigenvalue weighted by atomic mass is 35.5. The van der Waals surface area contributed by atoms with Gasteiger partial charge < -0.3 is 49.6 Å². The van der Waals surface area contributed by atoms with Gasteiger partial charge in [0.25, 0.3) is 0 Å². The number of nitrogens with one attached hydrogen (secondary N) is 3. The van der Waals surface area contributed by atoms with Gasteiger partial charge in [0.2, 0.25) is 17.7 Å². The van der Waals surface area contributed by atoms with Crippen LogP contribution < -0.4 is 25.4 Å². The molecule has 3 unspecified atom stereocenters. The number of ether oxygens (including phenoxy) is 5. The van der Waals surface area contributed by atoms with Crippen molar-refractivity contribution in [3.05, 3.63) is 149 Å². The third-order valence-corrected chi connectivity index (χ3v) is 13.8. The van der Waals surface area contributed by atoms with Gasteiger partial charge in [0.15, 0.2) is 0 Å². The number of aliphatic hydroxyl groups is 1. The maximum Gasteiger partial charge on any atom is 0.246 e. The number of thiazole rings is 1. The molecule has 76 heavy (non-hydrogen) atoms. The number of carbonyl (C=O) groups is 3. The lowest BCUT2D eigenvalue weighted by atomic mass is 9.85. The Morgan fingerprint density at radius 2 is 1.54 bits per heavy atom. The summed E-state index contributed by atoms with van der Waals surface area (Å²) in [6, 6.07) is 31.3. The molecule has 5 aromatic carbocycles. The van der Waals surface area contributed by atoms with Crippen molar-refractivity contribution in [2.45, 2.75) is 65.5 Å². The molecular formula is C57H61ClFN7O9S. The lowest BCUT2D eigenvalue weighted by Gasteiger charge is -2.35. The van der Waals surface area contributed by atoms with Crippen LogP contribution in [0.25, 0.3) is 32.5 Å². The summed E-state index contributed by atoms with van der Waals surface area (Å²) >= 11 is 8.13. The molecule has 4 N–H and O–H groups in total. The number of hydrogen-bond donors (Lipinski definition) is 4. The van der Waals surface area contributed by atoms with Crippen LogP contribution in [0.4, 0.5) is 15.9 Å². The highest BCUT2D eigenvalue weighted by Gasteiger charge is 2.44. The van der Waals surface area contributed by atoms with Crippen LogP contribution in [0.1, 0.15) is 44.0 Å². The molecule has 3 heterocycles. The van der Waals surface area contributed by atoms with Gasteiger partial charge in [0.1, 0.15) is 61.4 Å². The normalized spacial score (nSPS) is 14.9. The Balaban J connectivity index is 0.705. The molecule has 398 valence electrons. The van der Waals surface area contributed by atoms with E-state index in [9.17, 15) is 23.9 Å². The zero-order valence-electron chi connectivity index (χ0n) is 42.7. The smallest absolute Gasteiger partial charge is 0.246 e. The predicted molar refractivity (Wildman–Crippen MR) is 290 cm³/mol. The third-order valence-electron chi connectivity index (χ3n) is 12.5. The summed E-state index contributed by atoms with van der Waals surface area (Å²) in [5.74, 6) is 0.116. The Morgan fingerprint density at radius 3 is 2.25 bits per heavy atom. The number of hydrogen-bond acceptors (Lipinski definition) is 14. The minimum Gasteiger partial charge on any atom is -0.491 e. The van der Waals surface area contributed by atoms with E-state index in [0.29, 0.717) is 60.0 Å². The number of β-amino-alcohol motifs (C(OH)–C–C–N with tert-alkyl or cyclic N) is 1. The van der Waals surface area contributed by atoms with Gasteiger partial charge in [-0.3, -0.25) is 14.4 Å². The minimum atomic E-state index is -0.976. The Bertz CT molecular complexity index is 3090. The van der Waals surface area contributed by atoms with Crippen LogP contribution in [0.5, 0.6) is 11.5 Å². The fourth-order valence-electron chi connectivity index (χ4n) is 8.51. The van der Waals surface area contributed by atoms with E-state index in [0.717, 1.165) is 43.7 Å². The summed E-state index contributed by atoms with van der Waals surface area (Å²) in [5.41, 5.74) is 8.09. The highest BCUT2D eigenvalue weighted by molar-refractivity contribution is 7.13. The van der Waals surface area contributed by atoms with Gasteiger partial charge in [-0.05, 0) is 94.8 Å². The van der Waals surface area contributed by atoms with E-state index in [1.165, 1.54) is 23.4 Å².